The van der Waals surface area contributed by atoms with Gasteiger partial charge in [-0.2, -0.15) is 0 Å². The lowest BCUT2D eigenvalue weighted by molar-refractivity contribution is 0.129. The molecule has 0 fully saturated rings. The molecule has 9 heteroatoms. The van der Waals surface area contributed by atoms with Crippen LogP contribution in [0, 0.1) is 0 Å². The van der Waals surface area contributed by atoms with Crippen LogP contribution in [0.1, 0.15) is 0 Å². The highest BCUT2D eigenvalue weighted by Crippen LogP contribution is 2.23. The molecule has 0 aromatic carbocycles. The van der Waals surface area contributed by atoms with Gasteiger partial charge in [-0.05, 0) is 16.9 Å². The summed E-state index contributed by atoms with van der Waals surface area (Å²) in [4.78, 5) is 0. The highest BCUT2D eigenvalue weighted by Gasteiger charge is 2.46. The molecule has 0 spiro atoms. The van der Waals surface area contributed by atoms with E-state index >= 15 is 0 Å². The zero-order valence-electron chi connectivity index (χ0n) is 12.2. The smallest absolute Gasteiger partial charge is 0.374 e. The Kier molecular flexibility index (Phi) is 8.42. The van der Waals surface area contributed by atoms with Crippen molar-refractivity contribution < 1.29 is 26.6 Å². The molecule has 0 N–H and O–H groups in total. The lowest BCUT2D eigenvalue weighted by Gasteiger charge is -2.29. The average Bonchev–Trinajstić information content (AvgIpc) is 2.45. The summed E-state index contributed by atoms with van der Waals surface area (Å²) < 4.78 is 32.6. The third-order valence-electron chi connectivity index (χ3n) is 2.78. The minimum absolute atomic E-state index is 0.840. The van der Waals surface area contributed by atoms with Crippen LogP contribution in [0.3, 0.4) is 0 Å². The van der Waals surface area contributed by atoms with Crippen molar-refractivity contribution >= 4 is 27.9 Å². The molecule has 18 heavy (non-hydrogen) atoms. The first-order valence-electron chi connectivity index (χ1n) is 5.56. The fourth-order valence-corrected chi connectivity index (χ4v) is 8.04. The molecule has 0 aliphatic carbocycles. The van der Waals surface area contributed by atoms with Crippen molar-refractivity contribution in [2.75, 3.05) is 42.7 Å². The fourth-order valence-electron chi connectivity index (χ4n) is 1.69. The van der Waals surface area contributed by atoms with Crippen molar-refractivity contribution in [3.8, 4) is 0 Å². The highest BCUT2D eigenvalue weighted by molar-refractivity contribution is 6.74. The van der Waals surface area contributed by atoms with Crippen LogP contribution >= 0.6 is 0 Å². The second-order valence-corrected chi connectivity index (χ2v) is 9.81. The van der Waals surface area contributed by atoms with Crippen molar-refractivity contribution in [2.45, 2.75) is 6.04 Å². The van der Waals surface area contributed by atoms with Crippen LogP contribution in [0.5, 0.6) is 0 Å². The second-order valence-electron chi connectivity index (χ2n) is 3.41. The molecule has 108 valence electrons. The Labute approximate surface area is 114 Å². The van der Waals surface area contributed by atoms with Crippen LogP contribution < -0.4 is 0 Å². The van der Waals surface area contributed by atoms with Gasteiger partial charge in [0, 0.05) is 52.9 Å². The van der Waals surface area contributed by atoms with E-state index in [-0.39, 0.29) is 0 Å². The summed E-state index contributed by atoms with van der Waals surface area (Å²) in [6.45, 7) is 0. The molecule has 0 aliphatic heterocycles. The first-order chi connectivity index (χ1) is 8.53. The summed E-state index contributed by atoms with van der Waals surface area (Å²) in [6, 6.07) is 0.840. The largest absolute Gasteiger partial charge is 0.531 e. The second kappa shape index (κ2) is 8.35. The van der Waals surface area contributed by atoms with E-state index in [1.165, 1.54) is 0 Å². The van der Waals surface area contributed by atoms with Crippen molar-refractivity contribution in [1.29, 1.82) is 0 Å². The van der Waals surface area contributed by atoms with Gasteiger partial charge in [-0.1, -0.05) is 0 Å². The van der Waals surface area contributed by atoms with Crippen LogP contribution in [0.2, 0.25) is 6.04 Å². The molecular weight excluding hydrogens is 288 g/mol. The van der Waals surface area contributed by atoms with Gasteiger partial charge in [0.25, 0.3) is 0 Å². The quantitative estimate of drug-likeness (QED) is 0.537. The Bertz CT molecular complexity index is 248. The van der Waals surface area contributed by atoms with E-state index in [1.807, 2.05) is 5.70 Å². The van der Waals surface area contributed by atoms with Crippen molar-refractivity contribution in [3.05, 3.63) is 10.9 Å². The lowest BCUT2D eigenvalue weighted by atomic mass is 10.7. The Balaban J connectivity index is 5.51. The average molecular weight is 313 g/mol. The molecule has 0 bridgehead atoms. The van der Waals surface area contributed by atoms with Crippen molar-refractivity contribution in [1.82, 2.24) is 0 Å². The zero-order chi connectivity index (χ0) is 14.2. The summed E-state index contributed by atoms with van der Waals surface area (Å²) in [5, 5.41) is 0.943. The molecular formula is C9H24O6Si3. The first-order valence-corrected chi connectivity index (χ1v) is 10.5. The molecule has 0 unspecified atom stereocenters. The normalized spacial score (nSPS) is 14.2. The monoisotopic (exact) mass is 312 g/mol. The number of hydrogen-bond donors (Lipinski definition) is 0. The SMILES string of the molecule is CO[Si](C=C(C[SiH3])[Si](OC)(OC)OC)(OC)OC. The predicted molar refractivity (Wildman–Crippen MR) is 76.4 cm³/mol. The van der Waals surface area contributed by atoms with E-state index in [2.05, 4.69) is 0 Å². The van der Waals surface area contributed by atoms with E-state index in [4.69, 9.17) is 26.6 Å². The zero-order valence-corrected chi connectivity index (χ0v) is 16.2. The van der Waals surface area contributed by atoms with Crippen molar-refractivity contribution in [3.63, 3.8) is 0 Å². The van der Waals surface area contributed by atoms with Crippen LogP contribution in [-0.4, -0.2) is 70.5 Å². The van der Waals surface area contributed by atoms with E-state index in [0.717, 1.165) is 21.5 Å². The van der Waals surface area contributed by atoms with Crippen molar-refractivity contribution in [2.24, 2.45) is 0 Å². The molecule has 0 aromatic rings. The summed E-state index contributed by atoms with van der Waals surface area (Å²) in [5.74, 6) is 0. The summed E-state index contributed by atoms with van der Waals surface area (Å²) in [7, 11) is 4.78. The minimum Gasteiger partial charge on any atom is -0.374 e. The van der Waals surface area contributed by atoms with Gasteiger partial charge in [0.15, 0.2) is 0 Å². The Morgan fingerprint density at radius 3 is 1.44 bits per heavy atom. The number of rotatable bonds is 9. The maximum atomic E-state index is 5.47. The van der Waals surface area contributed by atoms with Crippen LogP contribution in [-0.2, 0) is 26.6 Å². The van der Waals surface area contributed by atoms with E-state index in [0.29, 0.717) is 0 Å². The molecule has 0 atom stereocenters. The van der Waals surface area contributed by atoms with Gasteiger partial charge in [-0.15, -0.1) is 0 Å². The van der Waals surface area contributed by atoms with Gasteiger partial charge in [-0.3, -0.25) is 0 Å². The molecule has 0 aliphatic rings. The Morgan fingerprint density at radius 2 is 1.22 bits per heavy atom. The van der Waals surface area contributed by atoms with E-state index < -0.39 is 17.6 Å². The molecule has 0 rings (SSSR count). The van der Waals surface area contributed by atoms with Crippen LogP contribution in [0.15, 0.2) is 10.9 Å². The van der Waals surface area contributed by atoms with Gasteiger partial charge in [0.2, 0.25) is 0 Å². The summed E-state index contributed by atoms with van der Waals surface area (Å²) in [5.41, 5.74) is 1.86. The minimum atomic E-state index is -2.81. The summed E-state index contributed by atoms with van der Waals surface area (Å²) in [6.07, 6.45) is 0. The Morgan fingerprint density at radius 1 is 0.833 bits per heavy atom. The van der Waals surface area contributed by atoms with E-state index in [9.17, 15) is 0 Å². The lowest BCUT2D eigenvalue weighted by Crippen LogP contribution is -2.49. The van der Waals surface area contributed by atoms with Gasteiger partial charge in [-0.25, -0.2) is 0 Å². The third-order valence-corrected chi connectivity index (χ3v) is 9.85. The van der Waals surface area contributed by atoms with Gasteiger partial charge < -0.3 is 26.6 Å². The van der Waals surface area contributed by atoms with Gasteiger partial charge >= 0.3 is 17.6 Å². The molecule has 0 amide bonds. The molecule has 0 radical (unpaired) electrons. The number of hydrogen-bond acceptors (Lipinski definition) is 6. The number of allylic oxidation sites excluding steroid dienone is 1. The third kappa shape index (κ3) is 3.82. The molecule has 0 aromatic heterocycles. The Hall–Kier alpha value is 0.151. The molecule has 0 saturated carbocycles. The predicted octanol–water partition coefficient (Wildman–Crippen LogP) is -0.469. The maximum absolute atomic E-state index is 5.47. The molecule has 0 heterocycles. The van der Waals surface area contributed by atoms with Crippen LogP contribution in [0.25, 0.3) is 0 Å². The topological polar surface area (TPSA) is 55.4 Å². The van der Waals surface area contributed by atoms with Crippen LogP contribution in [0.4, 0.5) is 0 Å². The molecule has 6 nitrogen and oxygen atoms in total. The first kappa shape index (κ1) is 18.2. The summed E-state index contributed by atoms with van der Waals surface area (Å²) >= 11 is 0. The fraction of sp³-hybridized carbons (Fsp3) is 0.778. The van der Waals surface area contributed by atoms with E-state index in [1.54, 1.807) is 42.7 Å². The van der Waals surface area contributed by atoms with Gasteiger partial charge in [0.05, 0.1) is 0 Å². The molecule has 0 saturated heterocycles. The highest BCUT2D eigenvalue weighted by atomic mass is 28.4. The van der Waals surface area contributed by atoms with Gasteiger partial charge in [0.1, 0.15) is 0 Å². The maximum Gasteiger partial charge on any atom is 0.531 e. The standard InChI is InChI=1S/C9H24O6Si3/c1-10-17(11-2,12-3)8-9(7-16)18(13-4,14-5)15-6/h8H,7H2,1-6,16H3.